The molecule has 1 amide bonds. The van der Waals surface area contributed by atoms with E-state index in [9.17, 15) is 13.2 Å². The number of nitrogens with zero attached hydrogens (tertiary/aromatic N) is 2. The van der Waals surface area contributed by atoms with Gasteiger partial charge in [-0.25, -0.2) is 17.8 Å². The molecular formula is C25H24N4O3S. The summed E-state index contributed by atoms with van der Waals surface area (Å²) in [6.07, 6.45) is 0. The number of amides is 1. The minimum atomic E-state index is -3.77. The molecular weight excluding hydrogens is 436 g/mol. The van der Waals surface area contributed by atoms with E-state index < -0.39 is 15.9 Å². The minimum absolute atomic E-state index is 0.0301. The average Bonchev–Trinajstić information content (AvgIpc) is 3.16. The van der Waals surface area contributed by atoms with Gasteiger partial charge in [-0.2, -0.15) is 5.10 Å². The van der Waals surface area contributed by atoms with Gasteiger partial charge < -0.3 is 5.32 Å². The number of hydrogen-bond acceptors (Lipinski definition) is 4. The van der Waals surface area contributed by atoms with Gasteiger partial charge in [-0.15, -0.1) is 0 Å². The van der Waals surface area contributed by atoms with E-state index in [1.165, 1.54) is 12.1 Å². The Hall–Kier alpha value is -3.75. The molecule has 33 heavy (non-hydrogen) atoms. The molecule has 3 aromatic carbocycles. The van der Waals surface area contributed by atoms with Crippen LogP contribution in [-0.2, 0) is 16.6 Å². The van der Waals surface area contributed by atoms with E-state index in [1.54, 1.807) is 22.9 Å². The maximum atomic E-state index is 12.8. The number of carbonyl (C=O) groups is 1. The number of aryl methyl sites for hydroxylation is 2. The van der Waals surface area contributed by atoms with Crippen LogP contribution < -0.4 is 10.0 Å². The van der Waals surface area contributed by atoms with Gasteiger partial charge >= 0.3 is 0 Å². The Bertz CT molecular complexity index is 1400. The molecule has 7 nitrogen and oxygen atoms in total. The van der Waals surface area contributed by atoms with Crippen LogP contribution in [0, 0.1) is 13.8 Å². The van der Waals surface area contributed by atoms with Gasteiger partial charge in [-0.3, -0.25) is 4.79 Å². The van der Waals surface area contributed by atoms with Crippen LogP contribution in [0.25, 0.3) is 5.69 Å². The SMILES string of the molecule is Cc1cc(C)n(-c2cccc(NC(=O)c3cccc(S(=O)(=O)NCc4ccccc4)c3)c2)n1. The fraction of sp³-hybridized carbons (Fsp3) is 0.120. The third kappa shape index (κ3) is 5.36. The van der Waals surface area contributed by atoms with Crippen molar-refractivity contribution < 1.29 is 13.2 Å². The Morgan fingerprint density at radius 2 is 1.67 bits per heavy atom. The number of sulfonamides is 1. The van der Waals surface area contributed by atoms with Crippen LogP contribution in [0.3, 0.4) is 0 Å². The summed E-state index contributed by atoms with van der Waals surface area (Å²) in [7, 11) is -3.77. The Balaban J connectivity index is 1.50. The highest BCUT2D eigenvalue weighted by molar-refractivity contribution is 7.89. The molecule has 0 saturated heterocycles. The van der Waals surface area contributed by atoms with Crippen LogP contribution in [0.15, 0.2) is 89.8 Å². The fourth-order valence-corrected chi connectivity index (χ4v) is 4.53. The minimum Gasteiger partial charge on any atom is -0.322 e. The monoisotopic (exact) mass is 460 g/mol. The predicted molar refractivity (Wildman–Crippen MR) is 128 cm³/mol. The van der Waals surface area contributed by atoms with Gasteiger partial charge in [0, 0.05) is 23.5 Å². The van der Waals surface area contributed by atoms with Crippen molar-refractivity contribution in [3.8, 4) is 5.69 Å². The predicted octanol–water partition coefficient (Wildman–Crippen LogP) is 4.22. The molecule has 168 valence electrons. The second-order valence-corrected chi connectivity index (χ2v) is 9.45. The lowest BCUT2D eigenvalue weighted by atomic mass is 10.2. The van der Waals surface area contributed by atoms with Gasteiger partial charge in [0.25, 0.3) is 5.91 Å². The van der Waals surface area contributed by atoms with Gasteiger partial charge in [0.05, 0.1) is 16.3 Å². The standard InChI is InChI=1S/C25H24N4O3S/c1-18-14-19(2)29(28-18)23-12-7-11-22(16-23)27-25(30)21-10-6-13-24(15-21)33(31,32)26-17-20-8-4-3-5-9-20/h3-16,26H,17H2,1-2H3,(H,27,30). The molecule has 8 heteroatoms. The van der Waals surface area contributed by atoms with Crippen LogP contribution >= 0.6 is 0 Å². The zero-order chi connectivity index (χ0) is 23.4. The summed E-state index contributed by atoms with van der Waals surface area (Å²) >= 11 is 0. The third-order valence-electron chi connectivity index (χ3n) is 5.07. The van der Waals surface area contributed by atoms with Crippen LogP contribution in [0.5, 0.6) is 0 Å². The van der Waals surface area contributed by atoms with Crippen LogP contribution in [0.2, 0.25) is 0 Å². The number of nitrogens with one attached hydrogen (secondary N) is 2. The lowest BCUT2D eigenvalue weighted by molar-refractivity contribution is 0.102. The summed E-state index contributed by atoms with van der Waals surface area (Å²) in [5.74, 6) is -0.402. The van der Waals surface area contributed by atoms with E-state index in [0.29, 0.717) is 5.69 Å². The van der Waals surface area contributed by atoms with Gasteiger partial charge in [0.2, 0.25) is 10.0 Å². The molecule has 1 heterocycles. The average molecular weight is 461 g/mol. The Morgan fingerprint density at radius 1 is 0.909 bits per heavy atom. The van der Waals surface area contributed by atoms with E-state index in [-0.39, 0.29) is 17.0 Å². The molecule has 0 saturated carbocycles. The number of benzene rings is 3. The molecule has 0 bridgehead atoms. The van der Waals surface area contributed by atoms with Gasteiger partial charge in [0.1, 0.15) is 0 Å². The van der Waals surface area contributed by atoms with Crippen molar-refractivity contribution >= 4 is 21.6 Å². The number of anilines is 1. The van der Waals surface area contributed by atoms with Gasteiger partial charge in [0.15, 0.2) is 0 Å². The molecule has 0 atom stereocenters. The Kier molecular flexibility index (Phi) is 6.39. The molecule has 0 spiro atoms. The first-order valence-corrected chi connectivity index (χ1v) is 11.9. The van der Waals surface area contributed by atoms with E-state index in [2.05, 4.69) is 15.1 Å². The molecule has 0 unspecified atom stereocenters. The first kappa shape index (κ1) is 22.4. The highest BCUT2D eigenvalue weighted by Gasteiger charge is 2.16. The number of carbonyl (C=O) groups excluding carboxylic acids is 1. The molecule has 0 radical (unpaired) electrons. The maximum Gasteiger partial charge on any atom is 0.255 e. The first-order chi connectivity index (χ1) is 15.8. The first-order valence-electron chi connectivity index (χ1n) is 10.4. The van der Waals surface area contributed by atoms with Crippen LogP contribution in [0.1, 0.15) is 27.3 Å². The normalized spacial score (nSPS) is 11.3. The van der Waals surface area contributed by atoms with Crippen molar-refractivity contribution in [2.45, 2.75) is 25.3 Å². The second kappa shape index (κ2) is 9.40. The lowest BCUT2D eigenvalue weighted by Gasteiger charge is -2.11. The Labute approximate surface area is 193 Å². The highest BCUT2D eigenvalue weighted by Crippen LogP contribution is 2.19. The fourth-order valence-electron chi connectivity index (χ4n) is 3.47. The zero-order valence-electron chi connectivity index (χ0n) is 18.3. The second-order valence-electron chi connectivity index (χ2n) is 7.68. The molecule has 4 rings (SSSR count). The van der Waals surface area contributed by atoms with E-state index in [0.717, 1.165) is 22.6 Å². The van der Waals surface area contributed by atoms with Crippen molar-refractivity contribution in [1.82, 2.24) is 14.5 Å². The van der Waals surface area contributed by atoms with E-state index in [4.69, 9.17) is 0 Å². The van der Waals surface area contributed by atoms with Crippen molar-refractivity contribution in [3.05, 3.63) is 107 Å². The third-order valence-corrected chi connectivity index (χ3v) is 6.47. The van der Waals surface area contributed by atoms with Crippen molar-refractivity contribution in [2.24, 2.45) is 0 Å². The van der Waals surface area contributed by atoms with Crippen LogP contribution in [-0.4, -0.2) is 24.1 Å². The molecule has 2 N–H and O–H groups in total. The summed E-state index contributed by atoms with van der Waals surface area (Å²) in [6.45, 7) is 4.05. The lowest BCUT2D eigenvalue weighted by Crippen LogP contribution is -2.23. The largest absolute Gasteiger partial charge is 0.322 e. The van der Waals surface area contributed by atoms with Crippen molar-refractivity contribution in [2.75, 3.05) is 5.32 Å². The van der Waals surface area contributed by atoms with Gasteiger partial charge in [-0.05, 0) is 61.9 Å². The molecule has 0 aliphatic rings. The summed E-state index contributed by atoms with van der Waals surface area (Å²) in [4.78, 5) is 12.9. The molecule has 0 fully saturated rings. The van der Waals surface area contributed by atoms with Gasteiger partial charge in [-0.1, -0.05) is 42.5 Å². The number of aromatic nitrogens is 2. The summed E-state index contributed by atoms with van der Waals surface area (Å²) < 4.78 is 29.8. The molecule has 1 aromatic heterocycles. The van der Waals surface area contributed by atoms with Crippen molar-refractivity contribution in [1.29, 1.82) is 0 Å². The molecule has 0 aliphatic heterocycles. The highest BCUT2D eigenvalue weighted by atomic mass is 32.2. The number of rotatable bonds is 7. The van der Waals surface area contributed by atoms with E-state index in [1.807, 2.05) is 68.4 Å². The summed E-state index contributed by atoms with van der Waals surface area (Å²) in [5.41, 5.74) is 4.38. The maximum absolute atomic E-state index is 12.8. The molecule has 4 aromatic rings. The summed E-state index contributed by atoms with van der Waals surface area (Å²) in [5, 5.41) is 7.30. The quantitative estimate of drug-likeness (QED) is 0.432. The number of hydrogen-bond donors (Lipinski definition) is 2. The Morgan fingerprint density at radius 3 is 2.39 bits per heavy atom. The van der Waals surface area contributed by atoms with Crippen molar-refractivity contribution in [3.63, 3.8) is 0 Å². The van der Waals surface area contributed by atoms with Crippen LogP contribution in [0.4, 0.5) is 5.69 Å². The zero-order valence-corrected chi connectivity index (χ0v) is 19.1. The summed E-state index contributed by atoms with van der Waals surface area (Å²) in [6, 6.07) is 24.5. The smallest absolute Gasteiger partial charge is 0.255 e. The molecule has 0 aliphatic carbocycles. The topological polar surface area (TPSA) is 93.1 Å². The van der Waals surface area contributed by atoms with E-state index >= 15 is 0 Å².